The molecule has 1 atom stereocenters. The van der Waals surface area contributed by atoms with E-state index in [1.165, 1.54) is 28.6 Å². The monoisotopic (exact) mass is 301 g/mol. The van der Waals surface area contributed by atoms with Gasteiger partial charge >= 0.3 is 0 Å². The minimum atomic E-state index is -3.60. The molecule has 1 fully saturated rings. The highest BCUT2D eigenvalue weighted by atomic mass is 32.2. The molecular formula is C12H15NO4S2. The van der Waals surface area contributed by atoms with Crippen LogP contribution in [0.5, 0.6) is 0 Å². The number of sulfonamides is 1. The number of nitrogens with zero attached hydrogens (tertiary/aromatic N) is 1. The van der Waals surface area contributed by atoms with Gasteiger partial charge in [0.2, 0.25) is 10.0 Å². The topological polar surface area (TPSA) is 74.7 Å². The van der Waals surface area contributed by atoms with Crippen LogP contribution >= 0.6 is 11.8 Å². The molecule has 0 spiro atoms. The largest absolute Gasteiger partial charge is 0.395 e. The maximum Gasteiger partial charge on any atom is 0.243 e. The Hall–Kier alpha value is -0.890. The Morgan fingerprint density at radius 3 is 2.63 bits per heavy atom. The molecule has 5 nitrogen and oxygen atoms in total. The zero-order chi connectivity index (χ0) is 13.9. The summed E-state index contributed by atoms with van der Waals surface area (Å²) in [6, 6.07) is 5.43. The van der Waals surface area contributed by atoms with Gasteiger partial charge in [0.05, 0.1) is 17.5 Å². The van der Waals surface area contributed by atoms with Gasteiger partial charge in [-0.1, -0.05) is 12.1 Å². The van der Waals surface area contributed by atoms with Crippen molar-refractivity contribution >= 4 is 28.1 Å². The summed E-state index contributed by atoms with van der Waals surface area (Å²) in [7, 11) is -3.60. The molecule has 1 N–H and O–H groups in total. The summed E-state index contributed by atoms with van der Waals surface area (Å²) in [6.07, 6.45) is 0.671. The molecule has 1 aromatic rings. The third-order valence-corrected chi connectivity index (χ3v) is 6.06. The Balaban J connectivity index is 2.31. The Bertz CT molecular complexity index is 541. The number of aliphatic hydroxyl groups is 1. The lowest BCUT2D eigenvalue weighted by Gasteiger charge is -2.33. The van der Waals surface area contributed by atoms with Crippen molar-refractivity contribution in [2.75, 3.05) is 24.7 Å². The van der Waals surface area contributed by atoms with Crippen molar-refractivity contribution in [1.82, 2.24) is 4.31 Å². The second-order valence-corrected chi connectivity index (χ2v) is 7.25. The Kier molecular flexibility index (Phi) is 4.62. The highest BCUT2D eigenvalue weighted by molar-refractivity contribution is 7.99. The minimum absolute atomic E-state index is 0.156. The van der Waals surface area contributed by atoms with Crippen molar-refractivity contribution < 1.29 is 18.3 Å². The van der Waals surface area contributed by atoms with E-state index in [0.717, 1.165) is 5.75 Å². The fourth-order valence-electron chi connectivity index (χ4n) is 1.95. The van der Waals surface area contributed by atoms with Crippen LogP contribution in [0.1, 0.15) is 10.4 Å². The summed E-state index contributed by atoms with van der Waals surface area (Å²) >= 11 is 1.64. The molecule has 1 aromatic carbocycles. The number of hydrogen-bond donors (Lipinski definition) is 1. The van der Waals surface area contributed by atoms with Gasteiger partial charge in [0.15, 0.2) is 0 Å². The summed E-state index contributed by atoms with van der Waals surface area (Å²) in [5, 5.41) is 9.29. The smallest absolute Gasteiger partial charge is 0.243 e. The summed E-state index contributed by atoms with van der Waals surface area (Å²) in [5.41, 5.74) is 0.437. The highest BCUT2D eigenvalue weighted by Crippen LogP contribution is 2.24. The lowest BCUT2D eigenvalue weighted by molar-refractivity contribution is 0.112. The van der Waals surface area contributed by atoms with Crippen LogP contribution in [0, 0.1) is 0 Å². The molecule has 1 unspecified atom stereocenters. The van der Waals surface area contributed by atoms with Crippen LogP contribution in [0.15, 0.2) is 29.2 Å². The van der Waals surface area contributed by atoms with Gasteiger partial charge in [0.25, 0.3) is 0 Å². The fourth-order valence-corrected chi connectivity index (χ4v) is 4.83. The number of hydrogen-bond acceptors (Lipinski definition) is 5. The van der Waals surface area contributed by atoms with Crippen LogP contribution in [0.2, 0.25) is 0 Å². The van der Waals surface area contributed by atoms with Gasteiger partial charge < -0.3 is 5.11 Å². The van der Waals surface area contributed by atoms with E-state index < -0.39 is 10.0 Å². The highest BCUT2D eigenvalue weighted by Gasteiger charge is 2.33. The average Bonchev–Trinajstić information content (AvgIpc) is 2.47. The zero-order valence-electron chi connectivity index (χ0n) is 10.2. The second kappa shape index (κ2) is 6.04. The first-order valence-corrected chi connectivity index (χ1v) is 8.45. The number of carbonyl (C=O) groups is 1. The first-order chi connectivity index (χ1) is 9.09. The molecule has 0 amide bonds. The van der Waals surface area contributed by atoms with E-state index in [9.17, 15) is 18.3 Å². The number of thioether (sulfide) groups is 1. The first-order valence-electron chi connectivity index (χ1n) is 5.85. The zero-order valence-corrected chi connectivity index (χ0v) is 11.9. The van der Waals surface area contributed by atoms with Gasteiger partial charge in [0, 0.05) is 23.6 Å². The summed E-state index contributed by atoms with van der Waals surface area (Å²) in [5.74, 6) is 1.32. The van der Waals surface area contributed by atoms with Crippen molar-refractivity contribution in [2.24, 2.45) is 0 Å². The van der Waals surface area contributed by atoms with E-state index in [2.05, 4.69) is 0 Å². The van der Waals surface area contributed by atoms with Crippen molar-refractivity contribution in [3.05, 3.63) is 29.8 Å². The molecular weight excluding hydrogens is 286 g/mol. The van der Waals surface area contributed by atoms with E-state index in [0.29, 0.717) is 24.1 Å². The quantitative estimate of drug-likeness (QED) is 0.824. The predicted octanol–water partition coefficient (Wildman–Crippen LogP) is 0.597. The maximum atomic E-state index is 12.5. The molecule has 0 saturated carbocycles. The number of aldehydes is 1. The standard InChI is InChI=1S/C12H15NO4S2/c14-7-10-1-3-12(4-2-10)19(16,17)13-5-6-18-9-11(13)8-15/h1-4,7,11,15H,5-6,8-9H2. The molecule has 104 valence electrons. The van der Waals surface area contributed by atoms with E-state index in [-0.39, 0.29) is 17.5 Å². The summed E-state index contributed by atoms with van der Waals surface area (Å²) in [6.45, 7) is 0.215. The van der Waals surface area contributed by atoms with E-state index >= 15 is 0 Å². The molecule has 1 saturated heterocycles. The number of aliphatic hydroxyl groups excluding tert-OH is 1. The average molecular weight is 301 g/mol. The maximum absolute atomic E-state index is 12.5. The van der Waals surface area contributed by atoms with Crippen molar-refractivity contribution in [2.45, 2.75) is 10.9 Å². The van der Waals surface area contributed by atoms with E-state index in [1.54, 1.807) is 11.8 Å². The van der Waals surface area contributed by atoms with Crippen LogP contribution in [0.4, 0.5) is 0 Å². The Morgan fingerprint density at radius 1 is 1.37 bits per heavy atom. The normalized spacial score (nSPS) is 21.2. The molecule has 1 aliphatic rings. The third-order valence-electron chi connectivity index (χ3n) is 3.01. The van der Waals surface area contributed by atoms with Gasteiger partial charge in [0.1, 0.15) is 6.29 Å². The summed E-state index contributed by atoms with van der Waals surface area (Å²) in [4.78, 5) is 10.7. The van der Waals surface area contributed by atoms with Crippen LogP contribution in [-0.2, 0) is 10.0 Å². The molecule has 0 aliphatic carbocycles. The van der Waals surface area contributed by atoms with Crippen molar-refractivity contribution in [3.8, 4) is 0 Å². The van der Waals surface area contributed by atoms with Gasteiger partial charge in [-0.15, -0.1) is 0 Å². The third kappa shape index (κ3) is 3.00. The first kappa shape index (κ1) is 14.5. The van der Waals surface area contributed by atoms with Crippen LogP contribution in [0.3, 0.4) is 0 Å². The van der Waals surface area contributed by atoms with Crippen LogP contribution in [0.25, 0.3) is 0 Å². The number of carbonyl (C=O) groups excluding carboxylic acids is 1. The molecule has 0 radical (unpaired) electrons. The Labute approximate surface area is 116 Å². The number of benzene rings is 1. The van der Waals surface area contributed by atoms with E-state index in [1.807, 2.05) is 0 Å². The number of rotatable bonds is 4. The van der Waals surface area contributed by atoms with E-state index in [4.69, 9.17) is 0 Å². The van der Waals surface area contributed by atoms with Gasteiger partial charge in [-0.25, -0.2) is 8.42 Å². The molecule has 7 heteroatoms. The second-order valence-electron chi connectivity index (χ2n) is 4.21. The fraction of sp³-hybridized carbons (Fsp3) is 0.417. The molecule has 0 bridgehead atoms. The predicted molar refractivity (Wildman–Crippen MR) is 73.9 cm³/mol. The van der Waals surface area contributed by atoms with Crippen molar-refractivity contribution in [1.29, 1.82) is 0 Å². The summed E-state index contributed by atoms with van der Waals surface area (Å²) < 4.78 is 26.3. The van der Waals surface area contributed by atoms with Crippen molar-refractivity contribution in [3.63, 3.8) is 0 Å². The van der Waals surface area contributed by atoms with Gasteiger partial charge in [-0.3, -0.25) is 4.79 Å². The molecule has 1 aliphatic heterocycles. The molecule has 19 heavy (non-hydrogen) atoms. The SMILES string of the molecule is O=Cc1ccc(S(=O)(=O)N2CCSCC2CO)cc1. The molecule has 2 rings (SSSR count). The lowest BCUT2D eigenvalue weighted by Crippen LogP contribution is -2.47. The van der Waals surface area contributed by atoms with Gasteiger partial charge in [-0.2, -0.15) is 16.1 Å². The lowest BCUT2D eigenvalue weighted by atomic mass is 10.2. The van der Waals surface area contributed by atoms with Crippen LogP contribution < -0.4 is 0 Å². The minimum Gasteiger partial charge on any atom is -0.395 e. The molecule has 0 aromatic heterocycles. The van der Waals surface area contributed by atoms with Crippen LogP contribution in [-0.4, -0.2) is 54.8 Å². The molecule has 1 heterocycles. The van der Waals surface area contributed by atoms with Gasteiger partial charge in [-0.05, 0) is 12.1 Å². The Morgan fingerprint density at radius 2 is 2.05 bits per heavy atom.